The van der Waals surface area contributed by atoms with Gasteiger partial charge in [0.25, 0.3) is 0 Å². The average molecular weight is 451 g/mol. The molecule has 1 N–H and O–H groups in total. The molecule has 10 heteroatoms. The van der Waals surface area contributed by atoms with Crippen molar-refractivity contribution < 1.29 is 14.3 Å². The molecule has 0 aliphatic rings. The summed E-state index contributed by atoms with van der Waals surface area (Å²) in [5.74, 6) is -0.666. The average Bonchev–Trinajstić information content (AvgIpc) is 3.33. The van der Waals surface area contributed by atoms with E-state index in [1.165, 1.54) is 30.2 Å². The highest BCUT2D eigenvalue weighted by Crippen LogP contribution is 2.39. The van der Waals surface area contributed by atoms with Crippen LogP contribution in [0.15, 0.2) is 41.1 Å². The molecule has 1 amide bonds. The minimum Gasteiger partial charge on any atom is -0.465 e. The molecular formula is C19H19ClN4O3S2. The number of hydrogen-bond donors (Lipinski definition) is 1. The Balaban J connectivity index is 1.80. The molecule has 152 valence electrons. The third-order valence-electron chi connectivity index (χ3n) is 4.03. The summed E-state index contributed by atoms with van der Waals surface area (Å²) in [6.45, 7) is 4.02. The van der Waals surface area contributed by atoms with Crippen molar-refractivity contribution >= 4 is 51.6 Å². The number of halogens is 1. The van der Waals surface area contributed by atoms with Gasteiger partial charge in [-0.3, -0.25) is 4.79 Å². The fraction of sp³-hybridized carbons (Fsp3) is 0.263. The van der Waals surface area contributed by atoms with Gasteiger partial charge >= 0.3 is 5.97 Å². The molecule has 1 aromatic carbocycles. The second kappa shape index (κ2) is 9.43. The summed E-state index contributed by atoms with van der Waals surface area (Å²) in [6.07, 6.45) is 1.63. The van der Waals surface area contributed by atoms with Crippen molar-refractivity contribution in [3.8, 4) is 11.1 Å². The van der Waals surface area contributed by atoms with Crippen LogP contribution in [-0.2, 0) is 9.53 Å². The Hall–Kier alpha value is -2.36. The van der Waals surface area contributed by atoms with Gasteiger partial charge in [-0.05, 0) is 19.9 Å². The molecule has 29 heavy (non-hydrogen) atoms. The molecule has 2 aromatic heterocycles. The van der Waals surface area contributed by atoms with E-state index in [1.807, 2.05) is 36.6 Å². The molecule has 0 aliphatic carbocycles. The van der Waals surface area contributed by atoms with E-state index < -0.39 is 5.97 Å². The fourth-order valence-electron chi connectivity index (χ4n) is 2.61. The zero-order valence-electron chi connectivity index (χ0n) is 16.0. The number of aromatic nitrogens is 3. The number of carbonyl (C=O) groups is 2. The fourth-order valence-corrected chi connectivity index (χ4v) is 4.66. The van der Waals surface area contributed by atoms with Crippen LogP contribution in [0.5, 0.6) is 0 Å². The van der Waals surface area contributed by atoms with Gasteiger partial charge in [0.05, 0.1) is 12.9 Å². The van der Waals surface area contributed by atoms with Gasteiger partial charge in [0.2, 0.25) is 5.91 Å². The topological polar surface area (TPSA) is 86.1 Å². The number of thioether (sulfide) groups is 1. The molecule has 0 spiro atoms. The van der Waals surface area contributed by atoms with E-state index in [0.717, 1.165) is 0 Å². The third kappa shape index (κ3) is 4.80. The van der Waals surface area contributed by atoms with E-state index in [2.05, 4.69) is 15.5 Å². The van der Waals surface area contributed by atoms with Crippen LogP contribution in [0.3, 0.4) is 0 Å². The molecule has 0 fully saturated rings. The summed E-state index contributed by atoms with van der Waals surface area (Å²) in [7, 11) is 1.30. The number of ether oxygens (including phenoxy) is 1. The van der Waals surface area contributed by atoms with Gasteiger partial charge in [-0.1, -0.05) is 41.6 Å². The van der Waals surface area contributed by atoms with Gasteiger partial charge in [0.15, 0.2) is 5.16 Å². The summed E-state index contributed by atoms with van der Waals surface area (Å²) >= 11 is 8.82. The Morgan fingerprint density at radius 2 is 2.07 bits per heavy atom. The van der Waals surface area contributed by atoms with Crippen molar-refractivity contribution in [2.45, 2.75) is 25.0 Å². The maximum absolute atomic E-state index is 12.5. The normalized spacial score (nSPS) is 10.9. The predicted molar refractivity (Wildman–Crippen MR) is 116 cm³/mol. The van der Waals surface area contributed by atoms with Crippen LogP contribution < -0.4 is 5.32 Å². The molecule has 0 saturated carbocycles. The monoisotopic (exact) mass is 450 g/mol. The van der Waals surface area contributed by atoms with E-state index in [4.69, 9.17) is 16.3 Å². The van der Waals surface area contributed by atoms with Gasteiger partial charge < -0.3 is 14.6 Å². The lowest BCUT2D eigenvalue weighted by Gasteiger charge is -2.10. The Morgan fingerprint density at radius 1 is 1.31 bits per heavy atom. The Labute approximate surface area is 181 Å². The van der Waals surface area contributed by atoms with Gasteiger partial charge in [0, 0.05) is 27.6 Å². The minimum atomic E-state index is -0.538. The largest absolute Gasteiger partial charge is 0.465 e. The van der Waals surface area contributed by atoms with E-state index in [0.29, 0.717) is 26.3 Å². The van der Waals surface area contributed by atoms with Gasteiger partial charge in [-0.25, -0.2) is 4.79 Å². The standard InChI is InChI=1S/C19H19ClN4O3S2/c1-11(2)24-10-21-23-19(24)29-9-15(25)22-17-16(18(26)27-3)13(8-28-17)12-6-4-5-7-14(12)20/h4-8,10-11H,9H2,1-3H3,(H,22,25). The van der Waals surface area contributed by atoms with Crippen molar-refractivity contribution in [1.82, 2.24) is 14.8 Å². The van der Waals surface area contributed by atoms with E-state index in [1.54, 1.807) is 17.8 Å². The third-order valence-corrected chi connectivity index (χ3v) is 6.21. The summed E-state index contributed by atoms with van der Waals surface area (Å²) in [4.78, 5) is 24.9. The second-order valence-corrected chi connectivity index (χ2v) is 8.51. The molecule has 0 radical (unpaired) electrons. The molecule has 3 aromatic rings. The van der Waals surface area contributed by atoms with Crippen LogP contribution in [0.4, 0.5) is 5.00 Å². The lowest BCUT2D eigenvalue weighted by molar-refractivity contribution is -0.113. The molecule has 0 unspecified atom stereocenters. The second-order valence-electron chi connectivity index (χ2n) is 6.28. The molecular weight excluding hydrogens is 432 g/mol. The van der Waals surface area contributed by atoms with Crippen LogP contribution in [0.1, 0.15) is 30.2 Å². The summed E-state index contributed by atoms with van der Waals surface area (Å²) < 4.78 is 6.81. The number of thiophene rings is 1. The van der Waals surface area contributed by atoms with Gasteiger partial charge in [0.1, 0.15) is 16.9 Å². The van der Waals surface area contributed by atoms with Crippen molar-refractivity contribution in [1.29, 1.82) is 0 Å². The predicted octanol–water partition coefficient (Wildman–Crippen LogP) is 4.76. The first kappa shape index (κ1) is 21.4. The molecule has 0 saturated heterocycles. The number of amides is 1. The van der Waals surface area contributed by atoms with Crippen LogP contribution in [-0.4, -0.2) is 39.5 Å². The zero-order chi connectivity index (χ0) is 21.0. The lowest BCUT2D eigenvalue weighted by Crippen LogP contribution is -2.16. The van der Waals surface area contributed by atoms with E-state index in [9.17, 15) is 9.59 Å². The van der Waals surface area contributed by atoms with Crippen molar-refractivity contribution in [3.63, 3.8) is 0 Å². The maximum atomic E-state index is 12.5. The van der Waals surface area contributed by atoms with E-state index in [-0.39, 0.29) is 23.3 Å². The maximum Gasteiger partial charge on any atom is 0.341 e. The number of carbonyl (C=O) groups excluding carboxylic acids is 2. The number of anilines is 1. The van der Waals surface area contributed by atoms with Crippen molar-refractivity contribution in [2.24, 2.45) is 0 Å². The Morgan fingerprint density at radius 3 is 2.76 bits per heavy atom. The Kier molecular flexibility index (Phi) is 6.94. The first-order valence-electron chi connectivity index (χ1n) is 8.69. The number of methoxy groups -OCH3 is 1. The molecule has 0 aliphatic heterocycles. The number of nitrogens with one attached hydrogen (secondary N) is 1. The van der Waals surface area contributed by atoms with Gasteiger partial charge in [-0.15, -0.1) is 21.5 Å². The van der Waals surface area contributed by atoms with Gasteiger partial charge in [-0.2, -0.15) is 0 Å². The highest BCUT2D eigenvalue weighted by atomic mass is 35.5. The number of hydrogen-bond acceptors (Lipinski definition) is 7. The summed E-state index contributed by atoms with van der Waals surface area (Å²) in [5.41, 5.74) is 1.61. The number of nitrogens with zero attached hydrogens (tertiary/aromatic N) is 3. The smallest absolute Gasteiger partial charge is 0.341 e. The van der Waals surface area contributed by atoms with Crippen LogP contribution in [0, 0.1) is 0 Å². The molecule has 0 bridgehead atoms. The molecule has 2 heterocycles. The number of benzene rings is 1. The van der Waals surface area contributed by atoms with E-state index >= 15 is 0 Å². The van der Waals surface area contributed by atoms with Crippen LogP contribution in [0.2, 0.25) is 5.02 Å². The SMILES string of the molecule is COC(=O)c1c(-c2ccccc2Cl)csc1NC(=O)CSc1nncn1C(C)C. The summed E-state index contributed by atoms with van der Waals surface area (Å²) in [6, 6.07) is 7.40. The van der Waals surface area contributed by atoms with Crippen molar-refractivity contribution in [2.75, 3.05) is 18.2 Å². The Bertz CT molecular complexity index is 1030. The summed E-state index contributed by atoms with van der Waals surface area (Å²) in [5, 5.41) is 14.1. The van der Waals surface area contributed by atoms with Crippen LogP contribution in [0.25, 0.3) is 11.1 Å². The lowest BCUT2D eigenvalue weighted by atomic mass is 10.0. The number of rotatable bonds is 7. The zero-order valence-corrected chi connectivity index (χ0v) is 18.4. The highest BCUT2D eigenvalue weighted by Gasteiger charge is 2.23. The number of esters is 1. The first-order valence-corrected chi connectivity index (χ1v) is 10.9. The molecule has 7 nitrogen and oxygen atoms in total. The van der Waals surface area contributed by atoms with Crippen LogP contribution >= 0.6 is 34.7 Å². The van der Waals surface area contributed by atoms with Crippen molar-refractivity contribution in [3.05, 3.63) is 46.6 Å². The first-order chi connectivity index (χ1) is 13.9. The molecule has 3 rings (SSSR count). The molecule has 0 atom stereocenters. The quantitative estimate of drug-likeness (QED) is 0.412. The minimum absolute atomic E-state index is 0.130. The highest BCUT2D eigenvalue weighted by molar-refractivity contribution is 7.99.